The first-order valence-corrected chi connectivity index (χ1v) is 6.82. The van der Waals surface area contributed by atoms with Crippen molar-refractivity contribution in [2.45, 2.75) is 18.6 Å². The number of aromatic nitrogens is 4. The lowest BCUT2D eigenvalue weighted by Crippen LogP contribution is -2.25. The Morgan fingerprint density at radius 3 is 3.05 bits per heavy atom. The zero-order chi connectivity index (χ0) is 13.2. The summed E-state index contributed by atoms with van der Waals surface area (Å²) in [7, 11) is 1.74. The molecule has 3 heterocycles. The lowest BCUT2D eigenvalue weighted by Gasteiger charge is -2.24. The molecule has 2 atom stereocenters. The molecule has 7 heteroatoms. The van der Waals surface area contributed by atoms with Gasteiger partial charge in [0, 0.05) is 30.7 Å². The summed E-state index contributed by atoms with van der Waals surface area (Å²) >= 11 is 3.45. The van der Waals surface area contributed by atoms with E-state index in [1.807, 2.05) is 6.20 Å². The number of halogens is 1. The van der Waals surface area contributed by atoms with Gasteiger partial charge >= 0.3 is 0 Å². The smallest absolute Gasteiger partial charge is 0.147 e. The van der Waals surface area contributed by atoms with Gasteiger partial charge in [-0.3, -0.25) is 10.1 Å². The van der Waals surface area contributed by atoms with E-state index in [9.17, 15) is 0 Å². The average Bonchev–Trinajstić information content (AvgIpc) is 3.07. The molecule has 0 bridgehead atoms. The minimum Gasteiger partial charge on any atom is -0.380 e. The van der Waals surface area contributed by atoms with E-state index in [1.165, 1.54) is 6.33 Å². The van der Waals surface area contributed by atoms with Gasteiger partial charge in [0.2, 0.25) is 0 Å². The summed E-state index contributed by atoms with van der Waals surface area (Å²) in [6.45, 7) is 0.819. The van der Waals surface area contributed by atoms with Crippen molar-refractivity contribution in [3.05, 3.63) is 35.1 Å². The zero-order valence-corrected chi connectivity index (χ0v) is 12.0. The third kappa shape index (κ3) is 2.48. The third-order valence-electron chi connectivity index (χ3n) is 3.37. The van der Waals surface area contributed by atoms with Gasteiger partial charge in [-0.2, -0.15) is 5.10 Å². The zero-order valence-electron chi connectivity index (χ0n) is 10.5. The Hall–Kier alpha value is -1.47. The SMILES string of the molecule is CO[C@@H]1C[C@@H](c2ncn[nH]2)N(c2cncc(Br)c2)C1. The van der Waals surface area contributed by atoms with Crippen LogP contribution >= 0.6 is 15.9 Å². The van der Waals surface area contributed by atoms with Gasteiger partial charge in [-0.05, 0) is 22.0 Å². The molecular weight excluding hydrogens is 310 g/mol. The van der Waals surface area contributed by atoms with E-state index < -0.39 is 0 Å². The first-order valence-electron chi connectivity index (χ1n) is 6.03. The van der Waals surface area contributed by atoms with Crippen molar-refractivity contribution < 1.29 is 4.74 Å². The van der Waals surface area contributed by atoms with Gasteiger partial charge < -0.3 is 9.64 Å². The topological polar surface area (TPSA) is 66.9 Å². The van der Waals surface area contributed by atoms with E-state index in [-0.39, 0.29) is 12.1 Å². The van der Waals surface area contributed by atoms with E-state index in [2.05, 4.69) is 47.1 Å². The molecule has 0 aliphatic carbocycles. The number of hydrogen-bond acceptors (Lipinski definition) is 5. The average molecular weight is 324 g/mol. The minimum absolute atomic E-state index is 0.142. The van der Waals surface area contributed by atoms with Crippen molar-refractivity contribution in [2.75, 3.05) is 18.6 Å². The highest BCUT2D eigenvalue weighted by atomic mass is 79.9. The molecule has 0 unspecified atom stereocenters. The molecule has 1 aliphatic rings. The highest BCUT2D eigenvalue weighted by Crippen LogP contribution is 2.35. The van der Waals surface area contributed by atoms with Crippen LogP contribution in [0.15, 0.2) is 29.3 Å². The number of anilines is 1. The van der Waals surface area contributed by atoms with Crippen LogP contribution < -0.4 is 4.90 Å². The minimum atomic E-state index is 0.142. The Balaban J connectivity index is 1.93. The predicted molar refractivity (Wildman–Crippen MR) is 73.8 cm³/mol. The molecule has 100 valence electrons. The van der Waals surface area contributed by atoms with Crippen molar-refractivity contribution in [2.24, 2.45) is 0 Å². The summed E-state index contributed by atoms with van der Waals surface area (Å²) in [5.41, 5.74) is 1.05. The van der Waals surface area contributed by atoms with E-state index in [4.69, 9.17) is 4.74 Å². The molecule has 0 spiro atoms. The van der Waals surface area contributed by atoms with E-state index in [0.717, 1.165) is 29.0 Å². The Labute approximate surface area is 119 Å². The van der Waals surface area contributed by atoms with Crippen molar-refractivity contribution in [3.63, 3.8) is 0 Å². The second-order valence-corrected chi connectivity index (χ2v) is 5.41. The number of ether oxygens (including phenoxy) is 1. The number of rotatable bonds is 3. The van der Waals surface area contributed by atoms with Crippen LogP contribution in [0.1, 0.15) is 18.3 Å². The van der Waals surface area contributed by atoms with E-state index in [1.54, 1.807) is 13.3 Å². The van der Waals surface area contributed by atoms with Crippen molar-refractivity contribution in [1.29, 1.82) is 0 Å². The lowest BCUT2D eigenvalue weighted by molar-refractivity contribution is 0.118. The van der Waals surface area contributed by atoms with Gasteiger partial charge in [-0.1, -0.05) is 0 Å². The molecule has 2 aromatic rings. The predicted octanol–water partition coefficient (Wildman–Crippen LogP) is 1.93. The third-order valence-corrected chi connectivity index (χ3v) is 3.80. The van der Waals surface area contributed by atoms with E-state index >= 15 is 0 Å². The second-order valence-electron chi connectivity index (χ2n) is 4.49. The van der Waals surface area contributed by atoms with Crippen molar-refractivity contribution in [3.8, 4) is 0 Å². The number of nitrogens with zero attached hydrogens (tertiary/aromatic N) is 4. The summed E-state index contributed by atoms with van der Waals surface area (Å²) in [5, 5.41) is 6.88. The number of pyridine rings is 1. The molecule has 1 fully saturated rings. The van der Waals surface area contributed by atoms with Crippen LogP contribution in [-0.2, 0) is 4.74 Å². The summed E-state index contributed by atoms with van der Waals surface area (Å²) < 4.78 is 6.45. The number of H-pyrrole nitrogens is 1. The standard InChI is InChI=1S/C12H14BrN5O/c1-19-10-3-11(12-15-7-16-17-12)18(6-10)9-2-8(13)4-14-5-9/h2,4-5,7,10-11H,3,6H2,1H3,(H,15,16,17)/t10-,11+/m1/s1. The van der Waals surface area contributed by atoms with Gasteiger partial charge in [-0.15, -0.1) is 0 Å². The molecular formula is C12H14BrN5O. The fourth-order valence-electron chi connectivity index (χ4n) is 2.45. The molecule has 2 aromatic heterocycles. The highest BCUT2D eigenvalue weighted by molar-refractivity contribution is 9.10. The molecule has 6 nitrogen and oxygen atoms in total. The highest BCUT2D eigenvalue weighted by Gasteiger charge is 2.35. The Kier molecular flexibility index (Phi) is 3.48. The number of methoxy groups -OCH3 is 1. The summed E-state index contributed by atoms with van der Waals surface area (Å²) in [6.07, 6.45) is 6.24. The van der Waals surface area contributed by atoms with Crippen LogP contribution in [0.2, 0.25) is 0 Å². The van der Waals surface area contributed by atoms with Crippen LogP contribution in [0, 0.1) is 0 Å². The number of aromatic amines is 1. The lowest BCUT2D eigenvalue weighted by atomic mass is 10.2. The quantitative estimate of drug-likeness (QED) is 0.934. The first-order chi connectivity index (χ1) is 9.28. The summed E-state index contributed by atoms with van der Waals surface area (Å²) in [5.74, 6) is 0.861. The Bertz CT molecular complexity index is 547. The van der Waals surface area contributed by atoms with Gasteiger partial charge in [-0.25, -0.2) is 4.98 Å². The Morgan fingerprint density at radius 2 is 2.37 bits per heavy atom. The maximum absolute atomic E-state index is 5.49. The normalized spacial score (nSPS) is 22.9. The van der Waals surface area contributed by atoms with Gasteiger partial charge in [0.05, 0.1) is 24.0 Å². The van der Waals surface area contributed by atoms with Crippen LogP contribution in [-0.4, -0.2) is 39.9 Å². The monoisotopic (exact) mass is 323 g/mol. The largest absolute Gasteiger partial charge is 0.380 e. The van der Waals surface area contributed by atoms with Crippen molar-refractivity contribution >= 4 is 21.6 Å². The molecule has 0 saturated carbocycles. The fraction of sp³-hybridized carbons (Fsp3) is 0.417. The van der Waals surface area contributed by atoms with E-state index in [0.29, 0.717) is 0 Å². The molecule has 0 amide bonds. The fourth-order valence-corrected chi connectivity index (χ4v) is 2.80. The summed E-state index contributed by atoms with van der Waals surface area (Å²) in [6, 6.07) is 2.19. The number of hydrogen-bond donors (Lipinski definition) is 1. The van der Waals surface area contributed by atoms with Gasteiger partial charge in [0.25, 0.3) is 0 Å². The molecule has 3 rings (SSSR count). The van der Waals surface area contributed by atoms with Crippen LogP contribution in [0.3, 0.4) is 0 Å². The maximum Gasteiger partial charge on any atom is 0.147 e. The summed E-state index contributed by atoms with van der Waals surface area (Å²) in [4.78, 5) is 10.7. The molecule has 1 aliphatic heterocycles. The number of nitrogens with one attached hydrogen (secondary N) is 1. The van der Waals surface area contributed by atoms with Crippen LogP contribution in [0.5, 0.6) is 0 Å². The first kappa shape index (κ1) is 12.6. The molecule has 1 saturated heterocycles. The molecule has 19 heavy (non-hydrogen) atoms. The molecule has 0 aromatic carbocycles. The molecule has 1 N–H and O–H groups in total. The van der Waals surface area contributed by atoms with Crippen LogP contribution in [0.25, 0.3) is 0 Å². The van der Waals surface area contributed by atoms with Crippen LogP contribution in [0.4, 0.5) is 5.69 Å². The second kappa shape index (κ2) is 5.26. The molecule has 0 radical (unpaired) electrons. The maximum atomic E-state index is 5.49. The Morgan fingerprint density at radius 1 is 1.47 bits per heavy atom. The van der Waals surface area contributed by atoms with Crippen molar-refractivity contribution in [1.82, 2.24) is 20.2 Å². The van der Waals surface area contributed by atoms with Gasteiger partial charge in [0.1, 0.15) is 12.2 Å². The van der Waals surface area contributed by atoms with Gasteiger partial charge in [0.15, 0.2) is 0 Å².